The molecule has 0 atom stereocenters. The lowest BCUT2D eigenvalue weighted by molar-refractivity contribution is 0.339. The molecule has 1 N–H and O–H groups in total. The highest BCUT2D eigenvalue weighted by atomic mass is 79.9. The lowest BCUT2D eigenvalue weighted by Gasteiger charge is -2.12. The van der Waals surface area contributed by atoms with Crippen molar-refractivity contribution < 1.29 is 4.74 Å². The maximum Gasteiger partial charge on any atom is 0.123 e. The summed E-state index contributed by atoms with van der Waals surface area (Å²) in [5.74, 6) is 1.91. The standard InChI is InChI=1S/C17H20BrNOS/c1-2-19-13-14-12-15(18)8-9-17(14)20-10-11-21-16-6-4-3-5-7-16/h3-9,12,19H,2,10-11,13H2,1H3. The first kappa shape index (κ1) is 16.4. The Kier molecular flexibility index (Phi) is 7.13. The first-order chi connectivity index (χ1) is 10.3. The molecule has 0 aliphatic heterocycles. The molecule has 0 heterocycles. The van der Waals surface area contributed by atoms with Crippen LogP contribution >= 0.6 is 27.7 Å². The van der Waals surface area contributed by atoms with Gasteiger partial charge < -0.3 is 10.1 Å². The van der Waals surface area contributed by atoms with E-state index in [1.54, 1.807) is 0 Å². The maximum absolute atomic E-state index is 5.93. The van der Waals surface area contributed by atoms with Crippen LogP contribution in [-0.4, -0.2) is 18.9 Å². The maximum atomic E-state index is 5.93. The van der Waals surface area contributed by atoms with Crippen molar-refractivity contribution in [2.75, 3.05) is 18.9 Å². The Balaban J connectivity index is 1.84. The van der Waals surface area contributed by atoms with E-state index in [0.717, 1.165) is 29.1 Å². The second-order valence-electron chi connectivity index (χ2n) is 4.54. The van der Waals surface area contributed by atoms with Gasteiger partial charge in [0.1, 0.15) is 5.75 Å². The number of nitrogens with one attached hydrogen (secondary N) is 1. The quantitative estimate of drug-likeness (QED) is 0.539. The molecule has 21 heavy (non-hydrogen) atoms. The summed E-state index contributed by atoms with van der Waals surface area (Å²) in [6.07, 6.45) is 0. The van der Waals surface area contributed by atoms with Crippen LogP contribution in [-0.2, 0) is 6.54 Å². The van der Waals surface area contributed by atoms with Gasteiger partial charge in [0.05, 0.1) is 6.61 Å². The molecule has 2 rings (SSSR count). The second kappa shape index (κ2) is 9.13. The van der Waals surface area contributed by atoms with E-state index in [1.807, 2.05) is 30.0 Å². The minimum absolute atomic E-state index is 0.709. The van der Waals surface area contributed by atoms with Crippen molar-refractivity contribution in [2.24, 2.45) is 0 Å². The third-order valence-electron chi connectivity index (χ3n) is 2.94. The first-order valence-corrected chi connectivity index (χ1v) is 8.87. The van der Waals surface area contributed by atoms with Crippen LogP contribution in [0, 0.1) is 0 Å². The first-order valence-electron chi connectivity index (χ1n) is 7.09. The van der Waals surface area contributed by atoms with E-state index in [1.165, 1.54) is 10.5 Å². The molecule has 0 spiro atoms. The number of benzene rings is 2. The Morgan fingerprint density at radius 2 is 1.95 bits per heavy atom. The molecule has 2 nitrogen and oxygen atoms in total. The van der Waals surface area contributed by atoms with Gasteiger partial charge in [-0.25, -0.2) is 0 Å². The van der Waals surface area contributed by atoms with Crippen LogP contribution in [0.3, 0.4) is 0 Å². The molecule has 0 saturated carbocycles. The number of rotatable bonds is 8. The monoisotopic (exact) mass is 365 g/mol. The van der Waals surface area contributed by atoms with Crippen LogP contribution in [0.25, 0.3) is 0 Å². The van der Waals surface area contributed by atoms with Crippen LogP contribution in [0.2, 0.25) is 0 Å². The summed E-state index contributed by atoms with van der Waals surface area (Å²) in [4.78, 5) is 1.28. The third kappa shape index (κ3) is 5.73. The fourth-order valence-corrected chi connectivity index (χ4v) is 3.07. The van der Waals surface area contributed by atoms with Crippen molar-refractivity contribution in [2.45, 2.75) is 18.4 Å². The predicted molar refractivity (Wildman–Crippen MR) is 94.2 cm³/mol. The van der Waals surface area contributed by atoms with Gasteiger partial charge >= 0.3 is 0 Å². The van der Waals surface area contributed by atoms with Gasteiger partial charge in [-0.3, -0.25) is 0 Å². The molecule has 0 aliphatic rings. The van der Waals surface area contributed by atoms with Gasteiger partial charge in [-0.2, -0.15) is 0 Å². The lowest BCUT2D eigenvalue weighted by Crippen LogP contribution is -2.13. The molecule has 0 radical (unpaired) electrons. The highest BCUT2D eigenvalue weighted by Gasteiger charge is 2.04. The van der Waals surface area contributed by atoms with Gasteiger partial charge in [0.15, 0.2) is 0 Å². The number of thioether (sulfide) groups is 1. The van der Waals surface area contributed by atoms with E-state index >= 15 is 0 Å². The van der Waals surface area contributed by atoms with Crippen LogP contribution in [0.4, 0.5) is 0 Å². The summed E-state index contributed by atoms with van der Waals surface area (Å²) in [5.41, 5.74) is 1.19. The van der Waals surface area contributed by atoms with E-state index in [0.29, 0.717) is 6.61 Å². The summed E-state index contributed by atoms with van der Waals surface area (Å²) in [7, 11) is 0. The fourth-order valence-electron chi connectivity index (χ4n) is 1.91. The Labute approximate surface area is 139 Å². The Hall–Kier alpha value is -0.970. The molecule has 0 saturated heterocycles. The molecule has 112 valence electrons. The molecule has 0 fully saturated rings. The van der Waals surface area contributed by atoms with Gasteiger partial charge in [0, 0.05) is 27.2 Å². The average Bonchev–Trinajstić information content (AvgIpc) is 2.52. The van der Waals surface area contributed by atoms with Crippen molar-refractivity contribution in [3.8, 4) is 5.75 Å². The molecule has 4 heteroatoms. The largest absolute Gasteiger partial charge is 0.492 e. The topological polar surface area (TPSA) is 21.3 Å². The van der Waals surface area contributed by atoms with Gasteiger partial charge in [0.2, 0.25) is 0 Å². The van der Waals surface area contributed by atoms with Crippen LogP contribution in [0.1, 0.15) is 12.5 Å². The SMILES string of the molecule is CCNCc1cc(Br)ccc1OCCSc1ccccc1. The molecular formula is C17H20BrNOS. The third-order valence-corrected chi connectivity index (χ3v) is 4.41. The average molecular weight is 366 g/mol. The molecule has 0 amide bonds. The number of hydrogen-bond acceptors (Lipinski definition) is 3. The highest BCUT2D eigenvalue weighted by Crippen LogP contribution is 2.24. The van der Waals surface area contributed by atoms with Crippen LogP contribution in [0.5, 0.6) is 5.75 Å². The summed E-state index contributed by atoms with van der Waals surface area (Å²) < 4.78 is 7.01. The normalized spacial score (nSPS) is 10.6. The number of hydrogen-bond donors (Lipinski definition) is 1. The van der Waals surface area contributed by atoms with Crippen molar-refractivity contribution >= 4 is 27.7 Å². The van der Waals surface area contributed by atoms with Gasteiger partial charge in [-0.1, -0.05) is 41.1 Å². The van der Waals surface area contributed by atoms with Gasteiger partial charge in [0.25, 0.3) is 0 Å². The van der Waals surface area contributed by atoms with Crippen molar-refractivity contribution in [1.82, 2.24) is 5.32 Å². The molecule has 2 aromatic rings. The number of halogens is 1. The van der Waals surface area contributed by atoms with E-state index in [4.69, 9.17) is 4.74 Å². The van der Waals surface area contributed by atoms with Gasteiger partial charge in [-0.05, 0) is 36.9 Å². The minimum atomic E-state index is 0.709. The molecule has 0 unspecified atom stereocenters. The predicted octanol–water partition coefficient (Wildman–Crippen LogP) is 4.73. The Bertz CT molecular complexity index is 548. The Morgan fingerprint density at radius 1 is 1.14 bits per heavy atom. The molecule has 2 aromatic carbocycles. The molecule has 0 aliphatic carbocycles. The van der Waals surface area contributed by atoms with E-state index in [-0.39, 0.29) is 0 Å². The lowest BCUT2D eigenvalue weighted by atomic mass is 10.2. The summed E-state index contributed by atoms with van der Waals surface area (Å²) in [6.45, 7) is 4.60. The second-order valence-corrected chi connectivity index (χ2v) is 6.63. The van der Waals surface area contributed by atoms with Crippen molar-refractivity contribution in [3.63, 3.8) is 0 Å². The van der Waals surface area contributed by atoms with E-state index < -0.39 is 0 Å². The summed E-state index contributed by atoms with van der Waals surface area (Å²) >= 11 is 5.33. The van der Waals surface area contributed by atoms with Crippen molar-refractivity contribution in [1.29, 1.82) is 0 Å². The Morgan fingerprint density at radius 3 is 2.71 bits per heavy atom. The molecule has 0 bridgehead atoms. The number of ether oxygens (including phenoxy) is 1. The van der Waals surface area contributed by atoms with Crippen molar-refractivity contribution in [3.05, 3.63) is 58.6 Å². The summed E-state index contributed by atoms with van der Waals surface area (Å²) in [6, 6.07) is 16.6. The smallest absolute Gasteiger partial charge is 0.123 e. The van der Waals surface area contributed by atoms with E-state index in [9.17, 15) is 0 Å². The zero-order valence-electron chi connectivity index (χ0n) is 12.1. The summed E-state index contributed by atoms with van der Waals surface area (Å²) in [5, 5.41) is 3.34. The fraction of sp³-hybridized carbons (Fsp3) is 0.294. The van der Waals surface area contributed by atoms with Crippen LogP contribution in [0.15, 0.2) is 57.9 Å². The van der Waals surface area contributed by atoms with Crippen LogP contribution < -0.4 is 10.1 Å². The minimum Gasteiger partial charge on any atom is -0.492 e. The van der Waals surface area contributed by atoms with Gasteiger partial charge in [-0.15, -0.1) is 11.8 Å². The highest BCUT2D eigenvalue weighted by molar-refractivity contribution is 9.10. The molecular weight excluding hydrogens is 346 g/mol. The van der Waals surface area contributed by atoms with E-state index in [2.05, 4.69) is 58.5 Å². The molecule has 0 aromatic heterocycles. The zero-order valence-corrected chi connectivity index (χ0v) is 14.5. The zero-order chi connectivity index (χ0) is 14.9.